The van der Waals surface area contributed by atoms with Gasteiger partial charge in [-0.2, -0.15) is 0 Å². The van der Waals surface area contributed by atoms with Gasteiger partial charge in [0.1, 0.15) is 5.51 Å². The fraction of sp³-hybridized carbons (Fsp3) is 0.667. The summed E-state index contributed by atoms with van der Waals surface area (Å²) in [6.07, 6.45) is 2.08. The van der Waals surface area contributed by atoms with E-state index in [0.717, 1.165) is 17.2 Å². The molecule has 108 valence electrons. The third-order valence-corrected chi connectivity index (χ3v) is 5.37. The molecular formula is C12H16N4O2S2. The molecule has 1 saturated carbocycles. The Hall–Kier alpha value is -1.15. The minimum absolute atomic E-state index is 0.115. The molecular weight excluding hydrogens is 296 g/mol. The second-order valence-corrected chi connectivity index (χ2v) is 7.03. The van der Waals surface area contributed by atoms with Crippen molar-refractivity contribution >= 4 is 34.9 Å². The largest absolute Gasteiger partial charge is 0.339 e. The minimum atomic E-state index is 0.115. The summed E-state index contributed by atoms with van der Waals surface area (Å²) in [6, 6.07) is 0. The number of carbonyl (C=O) groups is 2. The Morgan fingerprint density at radius 1 is 1.25 bits per heavy atom. The molecule has 2 heterocycles. The average Bonchev–Trinajstić information content (AvgIpc) is 3.21. The molecule has 6 nitrogen and oxygen atoms in total. The van der Waals surface area contributed by atoms with Crippen LogP contribution in [-0.4, -0.2) is 63.7 Å². The number of amides is 2. The quantitative estimate of drug-likeness (QED) is 0.766. The maximum Gasteiger partial charge on any atom is 0.233 e. The molecule has 0 bridgehead atoms. The summed E-state index contributed by atoms with van der Waals surface area (Å²) < 4.78 is 0.820. The van der Waals surface area contributed by atoms with Crippen molar-refractivity contribution in [1.82, 2.24) is 20.0 Å². The summed E-state index contributed by atoms with van der Waals surface area (Å²) >= 11 is 2.87. The highest BCUT2D eigenvalue weighted by molar-refractivity contribution is 8.01. The SMILES string of the molecule is O=C(CSc1nncs1)N1CCN(C(=O)C2CC2)CC1. The molecule has 8 heteroatoms. The van der Waals surface area contributed by atoms with Crippen molar-refractivity contribution in [2.45, 2.75) is 17.2 Å². The van der Waals surface area contributed by atoms with Gasteiger partial charge in [-0.05, 0) is 12.8 Å². The van der Waals surface area contributed by atoms with Crippen LogP contribution in [0, 0.1) is 5.92 Å². The van der Waals surface area contributed by atoms with Crippen molar-refractivity contribution in [3.63, 3.8) is 0 Å². The van der Waals surface area contributed by atoms with E-state index in [0.29, 0.717) is 31.9 Å². The molecule has 2 aliphatic rings. The van der Waals surface area contributed by atoms with Crippen molar-refractivity contribution in [2.24, 2.45) is 5.92 Å². The number of hydrogen-bond acceptors (Lipinski definition) is 6. The van der Waals surface area contributed by atoms with E-state index in [2.05, 4.69) is 10.2 Å². The Bertz CT molecular complexity index is 482. The maximum atomic E-state index is 12.1. The van der Waals surface area contributed by atoms with Gasteiger partial charge < -0.3 is 9.80 Å². The number of nitrogens with zero attached hydrogens (tertiary/aromatic N) is 4. The van der Waals surface area contributed by atoms with Gasteiger partial charge in [0.25, 0.3) is 0 Å². The molecule has 1 saturated heterocycles. The maximum absolute atomic E-state index is 12.1. The Morgan fingerprint density at radius 3 is 2.55 bits per heavy atom. The van der Waals surface area contributed by atoms with Crippen molar-refractivity contribution in [1.29, 1.82) is 0 Å². The molecule has 1 aromatic rings. The second-order valence-electron chi connectivity index (χ2n) is 4.97. The highest BCUT2D eigenvalue weighted by Crippen LogP contribution is 2.31. The third kappa shape index (κ3) is 3.29. The molecule has 0 unspecified atom stereocenters. The van der Waals surface area contributed by atoms with E-state index in [1.807, 2.05) is 9.80 Å². The van der Waals surface area contributed by atoms with Crippen LogP contribution in [0.4, 0.5) is 0 Å². The molecule has 0 N–H and O–H groups in total. The first-order valence-corrected chi connectivity index (χ1v) is 8.56. The van der Waals surface area contributed by atoms with Crippen LogP contribution in [0.15, 0.2) is 9.85 Å². The molecule has 1 aromatic heterocycles. The normalized spacial score (nSPS) is 19.2. The van der Waals surface area contributed by atoms with Gasteiger partial charge in [0.15, 0.2) is 4.34 Å². The minimum Gasteiger partial charge on any atom is -0.339 e. The summed E-state index contributed by atoms with van der Waals surface area (Å²) in [5, 5.41) is 7.65. The van der Waals surface area contributed by atoms with Crippen LogP contribution in [0.2, 0.25) is 0 Å². The first-order valence-electron chi connectivity index (χ1n) is 6.69. The monoisotopic (exact) mass is 312 g/mol. The van der Waals surface area contributed by atoms with Gasteiger partial charge in [0.05, 0.1) is 5.75 Å². The molecule has 0 aromatic carbocycles. The lowest BCUT2D eigenvalue weighted by Gasteiger charge is -2.34. The molecule has 20 heavy (non-hydrogen) atoms. The lowest BCUT2D eigenvalue weighted by Crippen LogP contribution is -2.51. The van der Waals surface area contributed by atoms with Crippen molar-refractivity contribution in [2.75, 3.05) is 31.9 Å². The Kier molecular flexibility index (Phi) is 4.21. The summed E-state index contributed by atoms with van der Waals surface area (Å²) in [5.41, 5.74) is 1.66. The second kappa shape index (κ2) is 6.09. The van der Waals surface area contributed by atoms with E-state index in [4.69, 9.17) is 0 Å². The van der Waals surface area contributed by atoms with Crippen LogP contribution in [0.1, 0.15) is 12.8 Å². The average molecular weight is 312 g/mol. The first kappa shape index (κ1) is 13.8. The summed E-state index contributed by atoms with van der Waals surface area (Å²) in [6.45, 7) is 2.64. The Morgan fingerprint density at radius 2 is 1.95 bits per heavy atom. The Labute approximate surface area is 125 Å². The standard InChI is InChI=1S/C12H16N4O2S2/c17-10(7-19-12-14-13-8-20-12)15-3-5-16(6-4-15)11(18)9-1-2-9/h8-9H,1-7H2. The first-order chi connectivity index (χ1) is 9.74. The number of carbonyl (C=O) groups excluding carboxylic acids is 2. The number of thioether (sulfide) groups is 1. The lowest BCUT2D eigenvalue weighted by atomic mass is 10.2. The smallest absolute Gasteiger partial charge is 0.233 e. The van der Waals surface area contributed by atoms with E-state index >= 15 is 0 Å². The van der Waals surface area contributed by atoms with Gasteiger partial charge in [-0.3, -0.25) is 9.59 Å². The van der Waals surface area contributed by atoms with Crippen LogP contribution >= 0.6 is 23.1 Å². The van der Waals surface area contributed by atoms with Crippen LogP contribution < -0.4 is 0 Å². The van der Waals surface area contributed by atoms with Crippen molar-refractivity contribution in [3.05, 3.63) is 5.51 Å². The number of piperazine rings is 1. The van der Waals surface area contributed by atoms with Crippen molar-refractivity contribution < 1.29 is 9.59 Å². The highest BCUT2D eigenvalue weighted by atomic mass is 32.2. The molecule has 2 fully saturated rings. The Balaban J connectivity index is 1.42. The third-order valence-electron chi connectivity index (χ3n) is 3.53. The molecule has 1 aliphatic heterocycles. The van der Waals surface area contributed by atoms with Crippen LogP contribution in [-0.2, 0) is 9.59 Å². The molecule has 1 aliphatic carbocycles. The zero-order valence-corrected chi connectivity index (χ0v) is 12.7. The molecule has 3 rings (SSSR count). The van der Waals surface area contributed by atoms with E-state index < -0.39 is 0 Å². The van der Waals surface area contributed by atoms with Gasteiger partial charge in [-0.25, -0.2) is 0 Å². The van der Waals surface area contributed by atoms with Crippen molar-refractivity contribution in [3.8, 4) is 0 Å². The van der Waals surface area contributed by atoms with Gasteiger partial charge in [0, 0.05) is 32.1 Å². The number of aromatic nitrogens is 2. The zero-order chi connectivity index (χ0) is 13.9. The fourth-order valence-corrected chi connectivity index (χ4v) is 3.60. The van der Waals surface area contributed by atoms with E-state index in [1.54, 1.807) is 5.51 Å². The number of hydrogen-bond donors (Lipinski definition) is 0. The summed E-state index contributed by atoms with van der Waals surface area (Å²) in [4.78, 5) is 27.7. The molecule has 0 spiro atoms. The zero-order valence-electron chi connectivity index (χ0n) is 11.0. The predicted octanol–water partition coefficient (Wildman–Crippen LogP) is 0.711. The van der Waals surface area contributed by atoms with Gasteiger partial charge in [0.2, 0.25) is 11.8 Å². The van der Waals surface area contributed by atoms with Gasteiger partial charge in [-0.1, -0.05) is 23.1 Å². The summed E-state index contributed by atoms with van der Waals surface area (Å²) in [5.74, 6) is 1.06. The van der Waals surface area contributed by atoms with Crippen LogP contribution in [0.5, 0.6) is 0 Å². The van der Waals surface area contributed by atoms with E-state index in [9.17, 15) is 9.59 Å². The summed E-state index contributed by atoms with van der Waals surface area (Å²) in [7, 11) is 0. The fourth-order valence-electron chi connectivity index (χ4n) is 2.21. The van der Waals surface area contributed by atoms with Crippen LogP contribution in [0.25, 0.3) is 0 Å². The predicted molar refractivity (Wildman–Crippen MR) is 76.5 cm³/mol. The molecule has 2 amide bonds. The lowest BCUT2D eigenvalue weighted by molar-refractivity contribution is -0.139. The van der Waals surface area contributed by atoms with Gasteiger partial charge in [-0.15, -0.1) is 10.2 Å². The van der Waals surface area contributed by atoms with E-state index in [1.165, 1.54) is 23.1 Å². The van der Waals surface area contributed by atoms with Crippen LogP contribution in [0.3, 0.4) is 0 Å². The topological polar surface area (TPSA) is 66.4 Å². The molecule has 0 radical (unpaired) electrons. The highest BCUT2D eigenvalue weighted by Gasteiger charge is 2.35. The molecule has 0 atom stereocenters. The van der Waals surface area contributed by atoms with E-state index in [-0.39, 0.29) is 17.7 Å². The number of rotatable bonds is 4. The van der Waals surface area contributed by atoms with Gasteiger partial charge >= 0.3 is 0 Å².